The van der Waals surface area contributed by atoms with E-state index in [0.29, 0.717) is 23.7 Å². The molecule has 1 fully saturated rings. The monoisotopic (exact) mass is 919 g/mol. The maximum Gasteiger partial charge on any atom is 0.351 e. The van der Waals surface area contributed by atoms with Gasteiger partial charge in [-0.3, -0.25) is 9.36 Å². The summed E-state index contributed by atoms with van der Waals surface area (Å²) in [5, 5.41) is 12.3. The molecule has 0 bridgehead atoms. The van der Waals surface area contributed by atoms with Gasteiger partial charge in [0, 0.05) is 30.5 Å². The van der Waals surface area contributed by atoms with Gasteiger partial charge in [-0.1, -0.05) is 92.6 Å². The molecule has 1 saturated heterocycles. The average Bonchev–Trinajstić information content (AvgIpc) is 3.66. The van der Waals surface area contributed by atoms with Gasteiger partial charge in [0.1, 0.15) is 41.2 Å². The minimum absolute atomic E-state index is 0.00345. The van der Waals surface area contributed by atoms with Gasteiger partial charge in [-0.2, -0.15) is 10.2 Å². The summed E-state index contributed by atoms with van der Waals surface area (Å²) in [6.45, 7) is 10.8. The summed E-state index contributed by atoms with van der Waals surface area (Å²) in [4.78, 5) is 31.5. The molecule has 1 N–H and O–H groups in total. The lowest BCUT2D eigenvalue weighted by atomic mass is 9.80. The Balaban J connectivity index is 1.48. The molecular formula is C51H62N5O9P. The minimum Gasteiger partial charge on any atom is -0.497 e. The second kappa shape index (κ2) is 24.3. The van der Waals surface area contributed by atoms with Crippen molar-refractivity contribution in [1.29, 1.82) is 5.26 Å². The van der Waals surface area contributed by atoms with Crippen molar-refractivity contribution in [2.24, 2.45) is 0 Å². The quantitative estimate of drug-likeness (QED) is 0.0356. The maximum absolute atomic E-state index is 14.2. The summed E-state index contributed by atoms with van der Waals surface area (Å²) in [6.07, 6.45) is 0.736. The van der Waals surface area contributed by atoms with E-state index in [9.17, 15) is 14.9 Å². The van der Waals surface area contributed by atoms with Crippen molar-refractivity contribution >= 4 is 20.3 Å². The van der Waals surface area contributed by atoms with Crippen LogP contribution in [0.5, 0.6) is 11.5 Å². The van der Waals surface area contributed by atoms with Crippen LogP contribution in [-0.4, -0.2) is 84.6 Å². The summed E-state index contributed by atoms with van der Waals surface area (Å²) in [7, 11) is 1.43. The van der Waals surface area contributed by atoms with E-state index in [-0.39, 0.29) is 37.5 Å². The normalized spacial score (nSPS) is 17.8. The van der Waals surface area contributed by atoms with Crippen molar-refractivity contribution in [3.05, 3.63) is 154 Å². The molecule has 0 saturated carbocycles. The zero-order chi connectivity index (χ0) is 47.1. The number of rotatable bonds is 24. The summed E-state index contributed by atoms with van der Waals surface area (Å²) in [6, 6.07) is 37.9. The number of methoxy groups -OCH3 is 2. The Labute approximate surface area is 389 Å². The number of nitriles is 1. The number of nitrogens with zero attached hydrogens (tertiary/aromatic N) is 4. The van der Waals surface area contributed by atoms with Crippen molar-refractivity contribution < 1.29 is 37.5 Å². The van der Waals surface area contributed by atoms with Gasteiger partial charge < -0.3 is 38.0 Å². The van der Waals surface area contributed by atoms with Crippen LogP contribution in [-0.2, 0) is 28.9 Å². The van der Waals surface area contributed by atoms with Gasteiger partial charge in [0.2, 0.25) is 0 Å². The lowest BCUT2D eigenvalue weighted by Gasteiger charge is -2.39. The number of carbonyl (C=O) groups is 1. The first-order chi connectivity index (χ1) is 32.0. The van der Waals surface area contributed by atoms with Crippen molar-refractivity contribution in [3.63, 3.8) is 0 Å². The van der Waals surface area contributed by atoms with E-state index in [2.05, 4.69) is 55.7 Å². The predicted octanol–water partition coefficient (Wildman–Crippen LogP) is 9.66. The highest BCUT2D eigenvalue weighted by Gasteiger charge is 2.51. The number of hydrogen-bond acceptors (Lipinski definition) is 12. The molecule has 14 nitrogen and oxygen atoms in total. The Kier molecular flexibility index (Phi) is 18.4. The number of nitrogens with one attached hydrogen (secondary N) is 1. The largest absolute Gasteiger partial charge is 0.497 e. The highest BCUT2D eigenvalue weighted by molar-refractivity contribution is 7.44. The Morgan fingerprint density at radius 1 is 0.833 bits per heavy atom. The van der Waals surface area contributed by atoms with Gasteiger partial charge in [0.15, 0.2) is 6.23 Å². The highest BCUT2D eigenvalue weighted by atomic mass is 31.2. The first kappa shape index (κ1) is 49.9. The molecule has 1 unspecified atom stereocenters. The molecule has 5 atom stereocenters. The van der Waals surface area contributed by atoms with E-state index in [1.165, 1.54) is 4.57 Å². The number of aromatic nitrogens is 2. The van der Waals surface area contributed by atoms with E-state index < -0.39 is 50.3 Å². The van der Waals surface area contributed by atoms with Crippen LogP contribution in [0.2, 0.25) is 0 Å². The number of benzene rings is 4. The number of carbonyl (C=O) groups excluding carboxylic acids is 1. The molecule has 0 radical (unpaired) electrons. The first-order valence-corrected chi connectivity index (χ1v) is 23.6. The third-order valence-corrected chi connectivity index (χ3v) is 13.4. The zero-order valence-electron chi connectivity index (χ0n) is 38.9. The number of amides is 1. The molecule has 15 heteroatoms. The molecule has 5 aromatic rings. The van der Waals surface area contributed by atoms with E-state index >= 15 is 0 Å². The van der Waals surface area contributed by atoms with Gasteiger partial charge in [-0.15, -0.1) is 0 Å². The van der Waals surface area contributed by atoms with Gasteiger partial charge in [0.05, 0.1) is 39.9 Å². The second-order valence-corrected chi connectivity index (χ2v) is 17.8. The summed E-state index contributed by atoms with van der Waals surface area (Å²) in [5.74, 6) is 1.05. The third-order valence-electron chi connectivity index (χ3n) is 11.2. The lowest BCUT2D eigenvalue weighted by molar-refractivity contribution is -0.0977. The van der Waals surface area contributed by atoms with E-state index in [1.807, 2.05) is 84.9 Å². The van der Waals surface area contributed by atoms with E-state index in [4.69, 9.17) is 32.7 Å². The first-order valence-electron chi connectivity index (χ1n) is 22.5. The second-order valence-electron chi connectivity index (χ2n) is 16.4. The molecule has 1 aliphatic rings. The van der Waals surface area contributed by atoms with Gasteiger partial charge >= 0.3 is 5.69 Å². The topological polar surface area (TPSA) is 156 Å². The number of unbranched alkanes of at least 4 members (excludes halogenated alkanes) is 2. The van der Waals surface area contributed by atoms with Crippen LogP contribution in [0.3, 0.4) is 0 Å². The molecule has 1 amide bonds. The van der Waals surface area contributed by atoms with Crippen molar-refractivity contribution in [1.82, 2.24) is 14.2 Å². The zero-order valence-corrected chi connectivity index (χ0v) is 39.8. The fourth-order valence-electron chi connectivity index (χ4n) is 8.08. The Morgan fingerprint density at radius 2 is 1.42 bits per heavy atom. The standard InChI is InChI=1S/C51H62N5O9P/c1-8-9-16-33-61-47-46(65-66(63-34-17-31-52)56(36(2)3)37(4)5)44(64-49(47)55-32-30-45(54-50(55)58)53-48(57)38-18-12-10-13-19-38)35-62-51(39-20-14-11-15-21-39,40-22-26-42(59-6)27-23-40)41-24-28-43(60-7)29-25-41/h10-15,18-30,32,36-37,44,46-47,49H,8-9,16-17,33-35H2,1-7H3,(H,53,54,57,58)/t44-,46-,47-,49-,66?/m1/s1. The van der Waals surface area contributed by atoms with Crippen molar-refractivity contribution in [2.45, 2.75) is 103 Å². The van der Waals surface area contributed by atoms with Crippen LogP contribution in [0, 0.1) is 11.3 Å². The average molecular weight is 920 g/mol. The summed E-state index contributed by atoms with van der Waals surface area (Å²) in [5.41, 5.74) is 1.03. The third kappa shape index (κ3) is 12.1. The predicted molar refractivity (Wildman–Crippen MR) is 254 cm³/mol. The molecule has 2 heterocycles. The number of hydrogen-bond donors (Lipinski definition) is 1. The smallest absolute Gasteiger partial charge is 0.351 e. The molecular weight excluding hydrogens is 858 g/mol. The Hall–Kier alpha value is -5.49. The molecule has 350 valence electrons. The van der Waals surface area contributed by atoms with E-state index in [1.54, 1.807) is 50.7 Å². The molecule has 1 aliphatic heterocycles. The molecule has 1 aromatic heterocycles. The van der Waals surface area contributed by atoms with Crippen molar-refractivity contribution in [2.75, 3.05) is 39.4 Å². The fourth-order valence-corrected chi connectivity index (χ4v) is 9.84. The molecule has 4 aromatic carbocycles. The fraction of sp³-hybridized carbons (Fsp3) is 0.412. The Morgan fingerprint density at radius 3 is 1.97 bits per heavy atom. The van der Waals surface area contributed by atoms with Gasteiger partial charge in [0.25, 0.3) is 14.4 Å². The summed E-state index contributed by atoms with van der Waals surface area (Å²) < 4.78 is 49.5. The lowest BCUT2D eigenvalue weighted by Crippen LogP contribution is -2.43. The molecule has 0 spiro atoms. The van der Waals surface area contributed by atoms with Crippen LogP contribution in [0.15, 0.2) is 126 Å². The minimum atomic E-state index is -1.83. The van der Waals surface area contributed by atoms with Crippen LogP contribution in [0.25, 0.3) is 0 Å². The van der Waals surface area contributed by atoms with Crippen LogP contribution < -0.4 is 20.5 Å². The van der Waals surface area contributed by atoms with Gasteiger partial charge in [-0.25, -0.2) is 9.46 Å². The van der Waals surface area contributed by atoms with Crippen LogP contribution >= 0.6 is 8.53 Å². The molecule has 6 rings (SSSR count). The number of anilines is 1. The van der Waals surface area contributed by atoms with Crippen LogP contribution in [0.1, 0.15) is 93.6 Å². The number of ether oxygens (including phenoxy) is 5. The molecule has 0 aliphatic carbocycles. The molecule has 66 heavy (non-hydrogen) atoms. The van der Waals surface area contributed by atoms with Crippen LogP contribution in [0.4, 0.5) is 5.82 Å². The SMILES string of the molecule is CCCCCO[C@@H]1[C@H](OP(OCCC#N)N(C(C)C)C(C)C)[C@@H](COC(c2ccccc2)(c2ccc(OC)cc2)c2ccc(OC)cc2)O[C@H]1n1ccc(NC(=O)c2ccccc2)nc1=O. The van der Waals surface area contributed by atoms with E-state index in [0.717, 1.165) is 36.0 Å². The van der Waals surface area contributed by atoms with Crippen molar-refractivity contribution in [3.8, 4) is 17.6 Å². The highest BCUT2D eigenvalue weighted by Crippen LogP contribution is 2.51. The Bertz CT molecular complexity index is 2310. The summed E-state index contributed by atoms with van der Waals surface area (Å²) >= 11 is 0. The van der Waals surface area contributed by atoms with Gasteiger partial charge in [-0.05, 0) is 93.3 Å². The maximum atomic E-state index is 14.2.